The monoisotopic (exact) mass is 412 g/mol. The van der Waals surface area contributed by atoms with Crippen molar-refractivity contribution < 1.29 is 32.3 Å². The molecule has 1 saturated heterocycles. The Morgan fingerprint density at radius 1 is 1.11 bits per heavy atom. The van der Waals surface area contributed by atoms with Crippen LogP contribution in [0.15, 0.2) is 23.1 Å². The first kappa shape index (κ1) is 21.8. The fourth-order valence-corrected chi connectivity index (χ4v) is 4.55. The van der Waals surface area contributed by atoms with Crippen LogP contribution in [0.4, 0.5) is 4.79 Å². The Balaban J connectivity index is 2.08. The van der Waals surface area contributed by atoms with Gasteiger partial charge in [0.15, 0.2) is 6.61 Å². The Labute approximate surface area is 164 Å². The van der Waals surface area contributed by atoms with Crippen molar-refractivity contribution in [3.05, 3.63) is 29.3 Å². The van der Waals surface area contributed by atoms with E-state index in [1.54, 1.807) is 13.8 Å². The smallest absolute Gasteiger partial charge is 0.413 e. The summed E-state index contributed by atoms with van der Waals surface area (Å²) in [4.78, 5) is 34.9. The molecular weight excluding hydrogens is 388 g/mol. The molecule has 1 aromatic rings. The van der Waals surface area contributed by atoms with Crippen LogP contribution in [0.1, 0.15) is 42.1 Å². The van der Waals surface area contributed by atoms with Crippen LogP contribution < -0.4 is 5.32 Å². The number of amides is 2. The number of imide groups is 1. The summed E-state index contributed by atoms with van der Waals surface area (Å²) in [5.74, 6) is -1.71. The fourth-order valence-electron chi connectivity index (χ4n) is 2.78. The molecule has 0 saturated carbocycles. The molecule has 28 heavy (non-hydrogen) atoms. The summed E-state index contributed by atoms with van der Waals surface area (Å²) in [5, 5.41) is 1.90. The number of hydrogen-bond donors (Lipinski definition) is 1. The van der Waals surface area contributed by atoms with Gasteiger partial charge in [-0.2, -0.15) is 4.31 Å². The van der Waals surface area contributed by atoms with Gasteiger partial charge in [0.25, 0.3) is 5.91 Å². The van der Waals surface area contributed by atoms with Crippen molar-refractivity contribution in [2.45, 2.75) is 38.0 Å². The number of benzene rings is 1. The van der Waals surface area contributed by atoms with E-state index in [4.69, 9.17) is 4.74 Å². The van der Waals surface area contributed by atoms with Gasteiger partial charge >= 0.3 is 12.1 Å². The Bertz CT molecular complexity index is 845. The van der Waals surface area contributed by atoms with Crippen LogP contribution in [0.3, 0.4) is 0 Å². The summed E-state index contributed by atoms with van der Waals surface area (Å²) in [6.07, 6.45) is 1.66. The number of rotatable bonds is 6. The Morgan fingerprint density at radius 3 is 2.43 bits per heavy atom. The van der Waals surface area contributed by atoms with Crippen LogP contribution in [0.25, 0.3) is 0 Å². The number of alkyl carbamates (subject to hydrolysis) is 1. The van der Waals surface area contributed by atoms with E-state index in [-0.39, 0.29) is 17.1 Å². The van der Waals surface area contributed by atoms with Crippen LogP contribution >= 0.6 is 0 Å². The van der Waals surface area contributed by atoms with Gasteiger partial charge in [-0.05, 0) is 44.4 Å². The number of carbonyl (C=O) groups is 3. The van der Waals surface area contributed by atoms with Crippen LogP contribution in [-0.2, 0) is 24.3 Å². The van der Waals surface area contributed by atoms with Crippen molar-refractivity contribution in [1.82, 2.24) is 9.62 Å². The molecule has 10 heteroatoms. The Kier molecular flexibility index (Phi) is 7.53. The molecule has 2 amide bonds. The van der Waals surface area contributed by atoms with E-state index in [1.807, 2.05) is 5.32 Å². The lowest BCUT2D eigenvalue weighted by atomic mass is 10.1. The van der Waals surface area contributed by atoms with Gasteiger partial charge < -0.3 is 9.47 Å². The van der Waals surface area contributed by atoms with Gasteiger partial charge in [0.2, 0.25) is 10.0 Å². The molecule has 9 nitrogen and oxygen atoms in total. The quantitative estimate of drug-likeness (QED) is 0.705. The van der Waals surface area contributed by atoms with E-state index in [0.29, 0.717) is 18.7 Å². The summed E-state index contributed by atoms with van der Waals surface area (Å²) < 4.78 is 36.6. The highest BCUT2D eigenvalue weighted by molar-refractivity contribution is 7.89. The molecule has 0 aromatic heterocycles. The molecule has 1 N–H and O–H groups in total. The average molecular weight is 412 g/mol. The minimum absolute atomic E-state index is 0.00474. The molecule has 2 rings (SSSR count). The number of piperidine rings is 1. The normalized spacial score (nSPS) is 14.9. The van der Waals surface area contributed by atoms with Crippen LogP contribution in [0.5, 0.6) is 0 Å². The van der Waals surface area contributed by atoms with Gasteiger partial charge in [0, 0.05) is 13.1 Å². The molecule has 1 aliphatic rings. The standard InChI is InChI=1S/C18H24N2O7S/c1-3-26-18(23)19-16(21)12-27-17(22)14-8-7-13(2)15(11-14)28(24,25)20-9-5-4-6-10-20/h7-8,11H,3-6,9-10,12H2,1-2H3,(H,19,21,23). The third kappa shape index (κ3) is 5.52. The number of ether oxygens (including phenoxy) is 2. The van der Waals surface area contributed by atoms with Crippen LogP contribution in [0, 0.1) is 6.92 Å². The summed E-state index contributed by atoms with van der Waals surface area (Å²) in [7, 11) is -3.72. The molecule has 0 unspecified atom stereocenters. The maximum absolute atomic E-state index is 12.9. The number of nitrogens with one attached hydrogen (secondary N) is 1. The Hall–Kier alpha value is -2.46. The molecule has 0 radical (unpaired) electrons. The van der Waals surface area contributed by atoms with Gasteiger partial charge in [0.1, 0.15) is 0 Å². The first-order valence-electron chi connectivity index (χ1n) is 9.00. The van der Waals surface area contributed by atoms with Gasteiger partial charge in [-0.3, -0.25) is 10.1 Å². The van der Waals surface area contributed by atoms with E-state index < -0.39 is 34.6 Å². The lowest BCUT2D eigenvalue weighted by Crippen LogP contribution is -2.36. The molecule has 0 atom stereocenters. The number of hydrogen-bond acceptors (Lipinski definition) is 7. The predicted molar refractivity (Wildman–Crippen MR) is 99.2 cm³/mol. The van der Waals surface area contributed by atoms with Crippen molar-refractivity contribution in [1.29, 1.82) is 0 Å². The third-order valence-corrected chi connectivity index (χ3v) is 6.25. The van der Waals surface area contributed by atoms with E-state index >= 15 is 0 Å². The lowest BCUT2D eigenvalue weighted by molar-refractivity contribution is -0.123. The number of sulfonamides is 1. The highest BCUT2D eigenvalue weighted by atomic mass is 32.2. The molecule has 1 fully saturated rings. The zero-order chi connectivity index (χ0) is 20.7. The van der Waals surface area contributed by atoms with Crippen molar-refractivity contribution in [3.8, 4) is 0 Å². The maximum Gasteiger partial charge on any atom is 0.413 e. The minimum Gasteiger partial charge on any atom is -0.452 e. The van der Waals surface area contributed by atoms with Crippen LogP contribution in [0.2, 0.25) is 0 Å². The van der Waals surface area contributed by atoms with Crippen LogP contribution in [-0.4, -0.2) is 57.0 Å². The highest BCUT2D eigenvalue weighted by Gasteiger charge is 2.28. The summed E-state index contributed by atoms with van der Waals surface area (Å²) in [5.41, 5.74) is 0.521. The third-order valence-electron chi connectivity index (χ3n) is 4.21. The molecule has 1 aliphatic heterocycles. The number of carbonyl (C=O) groups excluding carboxylic acids is 3. The molecule has 1 aromatic carbocycles. The molecule has 0 aliphatic carbocycles. The van der Waals surface area contributed by atoms with E-state index in [9.17, 15) is 22.8 Å². The van der Waals surface area contributed by atoms with Gasteiger partial charge in [-0.25, -0.2) is 18.0 Å². The highest BCUT2D eigenvalue weighted by Crippen LogP contribution is 2.24. The number of nitrogens with zero attached hydrogens (tertiary/aromatic N) is 1. The Morgan fingerprint density at radius 2 is 1.79 bits per heavy atom. The first-order chi connectivity index (χ1) is 13.3. The number of esters is 1. The molecule has 0 spiro atoms. The van der Waals surface area contributed by atoms with Gasteiger partial charge in [-0.15, -0.1) is 0 Å². The maximum atomic E-state index is 12.9. The molecule has 154 valence electrons. The SMILES string of the molecule is CCOC(=O)NC(=O)COC(=O)c1ccc(C)c(S(=O)(=O)N2CCCCC2)c1. The van der Waals surface area contributed by atoms with Gasteiger partial charge in [0.05, 0.1) is 17.1 Å². The minimum atomic E-state index is -3.72. The van der Waals surface area contributed by atoms with E-state index in [1.165, 1.54) is 22.5 Å². The van der Waals surface area contributed by atoms with Gasteiger partial charge in [-0.1, -0.05) is 12.5 Å². The van der Waals surface area contributed by atoms with Crippen molar-refractivity contribution in [3.63, 3.8) is 0 Å². The second kappa shape index (κ2) is 9.65. The molecule has 0 bridgehead atoms. The summed E-state index contributed by atoms with van der Waals surface area (Å²) >= 11 is 0. The first-order valence-corrected chi connectivity index (χ1v) is 10.4. The second-order valence-electron chi connectivity index (χ2n) is 6.29. The predicted octanol–water partition coefficient (Wildman–Crippen LogP) is 1.60. The van der Waals surface area contributed by atoms with E-state index in [2.05, 4.69) is 4.74 Å². The zero-order valence-corrected chi connectivity index (χ0v) is 16.7. The molecular formula is C18H24N2O7S. The number of aryl methyl sites for hydroxylation is 1. The van der Waals surface area contributed by atoms with Crippen molar-refractivity contribution in [2.75, 3.05) is 26.3 Å². The summed E-state index contributed by atoms with van der Waals surface area (Å²) in [6, 6.07) is 4.20. The fraction of sp³-hybridized carbons (Fsp3) is 0.500. The topological polar surface area (TPSA) is 119 Å². The van der Waals surface area contributed by atoms with Crippen molar-refractivity contribution >= 4 is 28.0 Å². The lowest BCUT2D eigenvalue weighted by Gasteiger charge is -2.26. The van der Waals surface area contributed by atoms with Crippen molar-refractivity contribution in [2.24, 2.45) is 0 Å². The summed E-state index contributed by atoms with van der Waals surface area (Å²) in [6.45, 7) is 3.53. The van der Waals surface area contributed by atoms with E-state index in [0.717, 1.165) is 19.3 Å². The molecule has 1 heterocycles. The average Bonchev–Trinajstić information content (AvgIpc) is 2.67. The second-order valence-corrected chi connectivity index (χ2v) is 8.20. The largest absolute Gasteiger partial charge is 0.452 e. The zero-order valence-electron chi connectivity index (χ0n) is 15.9.